The zero-order valence-corrected chi connectivity index (χ0v) is 18.7. The van der Waals surface area contributed by atoms with Crippen molar-refractivity contribution in [2.75, 3.05) is 13.6 Å². The molecule has 0 saturated heterocycles. The predicted molar refractivity (Wildman–Crippen MR) is 123 cm³/mol. The molecule has 0 aliphatic carbocycles. The molecule has 0 spiro atoms. The molecular weight excluding hydrogens is 408 g/mol. The van der Waals surface area contributed by atoms with Crippen molar-refractivity contribution >= 4 is 15.9 Å². The van der Waals surface area contributed by atoms with Crippen LogP contribution in [0.4, 0.5) is 0 Å². The van der Waals surface area contributed by atoms with Gasteiger partial charge in [0, 0.05) is 25.7 Å². The van der Waals surface area contributed by atoms with Gasteiger partial charge in [-0.3, -0.25) is 4.79 Å². The number of rotatable bonds is 9. The van der Waals surface area contributed by atoms with Crippen molar-refractivity contribution in [1.29, 1.82) is 0 Å². The first kappa shape index (κ1) is 22.7. The van der Waals surface area contributed by atoms with Crippen molar-refractivity contribution in [2.45, 2.75) is 31.2 Å². The number of carbonyl (C=O) groups excluding carboxylic acids is 1. The Morgan fingerprint density at radius 2 is 1.52 bits per heavy atom. The maximum absolute atomic E-state index is 12.7. The van der Waals surface area contributed by atoms with Gasteiger partial charge in [0.2, 0.25) is 10.0 Å². The summed E-state index contributed by atoms with van der Waals surface area (Å²) in [5.41, 5.74) is 3.65. The minimum absolute atomic E-state index is 0.125. The maximum atomic E-state index is 12.7. The minimum atomic E-state index is -3.56. The first-order valence-electron chi connectivity index (χ1n) is 10.3. The number of hydrogen-bond donors (Lipinski definition) is 1. The average Bonchev–Trinajstić information content (AvgIpc) is 2.78. The highest BCUT2D eigenvalue weighted by atomic mass is 32.2. The van der Waals surface area contributed by atoms with E-state index in [1.165, 1.54) is 9.87 Å². The molecule has 0 aliphatic heterocycles. The van der Waals surface area contributed by atoms with E-state index in [0.717, 1.165) is 24.0 Å². The highest BCUT2D eigenvalue weighted by molar-refractivity contribution is 7.89. The third kappa shape index (κ3) is 6.26. The van der Waals surface area contributed by atoms with E-state index in [4.69, 9.17) is 0 Å². The van der Waals surface area contributed by atoms with Gasteiger partial charge in [-0.15, -0.1) is 0 Å². The molecule has 31 heavy (non-hydrogen) atoms. The molecular formula is C25H28N2O3S. The first-order chi connectivity index (χ1) is 14.9. The van der Waals surface area contributed by atoms with E-state index in [1.54, 1.807) is 55.6 Å². The largest absolute Gasteiger partial charge is 0.352 e. The van der Waals surface area contributed by atoms with E-state index in [0.29, 0.717) is 12.1 Å². The molecule has 3 aromatic carbocycles. The van der Waals surface area contributed by atoms with Crippen molar-refractivity contribution in [3.63, 3.8) is 0 Å². The molecule has 0 heterocycles. The fourth-order valence-corrected chi connectivity index (χ4v) is 4.39. The lowest BCUT2D eigenvalue weighted by Crippen LogP contribution is -2.27. The summed E-state index contributed by atoms with van der Waals surface area (Å²) in [4.78, 5) is 12.6. The van der Waals surface area contributed by atoms with Crippen molar-refractivity contribution in [3.8, 4) is 0 Å². The molecule has 1 amide bonds. The van der Waals surface area contributed by atoms with E-state index >= 15 is 0 Å². The van der Waals surface area contributed by atoms with E-state index in [-0.39, 0.29) is 17.3 Å². The van der Waals surface area contributed by atoms with E-state index in [1.807, 2.05) is 25.1 Å². The van der Waals surface area contributed by atoms with E-state index in [2.05, 4.69) is 17.4 Å². The Bertz CT molecular complexity index is 1090. The molecule has 5 nitrogen and oxygen atoms in total. The molecule has 3 aromatic rings. The summed E-state index contributed by atoms with van der Waals surface area (Å²) in [7, 11) is -2.01. The Balaban J connectivity index is 1.52. The van der Waals surface area contributed by atoms with Gasteiger partial charge < -0.3 is 5.32 Å². The lowest BCUT2D eigenvalue weighted by molar-refractivity contribution is 0.0953. The summed E-state index contributed by atoms with van der Waals surface area (Å²) in [6, 6.07) is 24.0. The molecule has 6 heteroatoms. The third-order valence-corrected chi connectivity index (χ3v) is 6.94. The number of amides is 1. The Hall–Kier alpha value is -2.96. The maximum Gasteiger partial charge on any atom is 0.251 e. The van der Waals surface area contributed by atoms with Crippen molar-refractivity contribution < 1.29 is 13.2 Å². The van der Waals surface area contributed by atoms with Crippen LogP contribution < -0.4 is 5.32 Å². The summed E-state index contributed by atoms with van der Waals surface area (Å²) in [5.74, 6) is -0.125. The van der Waals surface area contributed by atoms with Crippen LogP contribution in [0.25, 0.3) is 0 Å². The highest BCUT2D eigenvalue weighted by Gasteiger charge is 2.20. The Labute approximate surface area is 184 Å². The van der Waals surface area contributed by atoms with Gasteiger partial charge in [-0.25, -0.2) is 8.42 Å². The molecule has 0 saturated carbocycles. The number of nitrogens with zero attached hydrogens (tertiary/aromatic N) is 1. The quantitative estimate of drug-likeness (QED) is 0.512. The molecule has 0 aromatic heterocycles. The van der Waals surface area contributed by atoms with Gasteiger partial charge >= 0.3 is 0 Å². The van der Waals surface area contributed by atoms with Gasteiger partial charge in [-0.1, -0.05) is 60.2 Å². The van der Waals surface area contributed by atoms with Crippen molar-refractivity contribution in [1.82, 2.24) is 9.62 Å². The molecule has 0 aliphatic rings. The van der Waals surface area contributed by atoms with Crippen LogP contribution in [-0.4, -0.2) is 32.2 Å². The van der Waals surface area contributed by atoms with Crippen LogP contribution in [0.5, 0.6) is 0 Å². The van der Waals surface area contributed by atoms with Crippen LogP contribution in [0.15, 0.2) is 83.8 Å². The van der Waals surface area contributed by atoms with E-state index in [9.17, 15) is 13.2 Å². The van der Waals surface area contributed by atoms with Gasteiger partial charge in [-0.2, -0.15) is 4.31 Å². The molecule has 0 fully saturated rings. The van der Waals surface area contributed by atoms with Crippen LogP contribution in [-0.2, 0) is 23.0 Å². The summed E-state index contributed by atoms with van der Waals surface area (Å²) in [6.07, 6.45) is 1.79. The molecule has 3 rings (SSSR count). The second-order valence-electron chi connectivity index (χ2n) is 7.62. The summed E-state index contributed by atoms with van der Waals surface area (Å²) in [6.45, 7) is 2.75. The average molecular weight is 437 g/mol. The number of carbonyl (C=O) groups is 1. The fourth-order valence-electron chi connectivity index (χ4n) is 3.23. The van der Waals surface area contributed by atoms with Crippen LogP contribution >= 0.6 is 0 Å². The second kappa shape index (κ2) is 10.4. The summed E-state index contributed by atoms with van der Waals surface area (Å²) in [5, 5.41) is 2.93. The van der Waals surface area contributed by atoms with Crippen LogP contribution in [0.2, 0.25) is 0 Å². The van der Waals surface area contributed by atoms with Crippen LogP contribution in [0, 0.1) is 6.92 Å². The van der Waals surface area contributed by atoms with E-state index < -0.39 is 10.0 Å². The Morgan fingerprint density at radius 1 is 0.871 bits per heavy atom. The molecule has 0 bridgehead atoms. The van der Waals surface area contributed by atoms with Crippen molar-refractivity contribution in [3.05, 3.63) is 101 Å². The first-order valence-corrected chi connectivity index (χ1v) is 11.7. The van der Waals surface area contributed by atoms with Crippen molar-refractivity contribution in [2.24, 2.45) is 0 Å². The molecule has 0 unspecified atom stereocenters. The number of sulfonamides is 1. The van der Waals surface area contributed by atoms with Gasteiger partial charge in [0.15, 0.2) is 0 Å². The lowest BCUT2D eigenvalue weighted by atomic mass is 10.1. The predicted octanol–water partition coefficient (Wildman–Crippen LogP) is 4.18. The zero-order valence-electron chi connectivity index (χ0n) is 17.9. The van der Waals surface area contributed by atoms with Gasteiger partial charge in [0.1, 0.15) is 0 Å². The monoisotopic (exact) mass is 436 g/mol. The number of aryl methyl sites for hydroxylation is 2. The lowest BCUT2D eigenvalue weighted by Gasteiger charge is -2.17. The SMILES string of the molecule is Cc1ccc(S(=O)(=O)N(C)Cc2ccc(C(=O)NCCCc3ccccc3)cc2)cc1. The third-order valence-electron chi connectivity index (χ3n) is 5.12. The Kier molecular flexibility index (Phi) is 7.60. The minimum Gasteiger partial charge on any atom is -0.352 e. The Morgan fingerprint density at radius 3 is 2.16 bits per heavy atom. The standard InChI is InChI=1S/C25H28N2O3S/c1-20-10-16-24(17-11-20)31(29,30)27(2)19-22-12-14-23(15-13-22)25(28)26-18-6-9-21-7-4-3-5-8-21/h3-5,7-8,10-17H,6,9,18-19H2,1-2H3,(H,26,28). The number of hydrogen-bond acceptors (Lipinski definition) is 3. The fraction of sp³-hybridized carbons (Fsp3) is 0.240. The highest BCUT2D eigenvalue weighted by Crippen LogP contribution is 2.17. The molecule has 1 N–H and O–H groups in total. The summed E-state index contributed by atoms with van der Waals surface area (Å²) < 4.78 is 26.8. The van der Waals surface area contributed by atoms with Gasteiger partial charge in [0.05, 0.1) is 4.90 Å². The topological polar surface area (TPSA) is 66.5 Å². The number of nitrogens with one attached hydrogen (secondary N) is 1. The smallest absolute Gasteiger partial charge is 0.251 e. The molecule has 0 radical (unpaired) electrons. The van der Waals surface area contributed by atoms with Crippen LogP contribution in [0.3, 0.4) is 0 Å². The summed E-state index contributed by atoms with van der Waals surface area (Å²) >= 11 is 0. The second-order valence-corrected chi connectivity index (χ2v) is 9.66. The molecule has 0 atom stereocenters. The normalized spacial score (nSPS) is 11.5. The van der Waals surface area contributed by atoms with Gasteiger partial charge in [0.25, 0.3) is 5.91 Å². The van der Waals surface area contributed by atoms with Crippen LogP contribution in [0.1, 0.15) is 33.5 Å². The number of benzene rings is 3. The van der Waals surface area contributed by atoms with Gasteiger partial charge in [-0.05, 0) is 55.2 Å². The zero-order chi connectivity index (χ0) is 22.3. The molecule has 162 valence electrons.